The Morgan fingerprint density at radius 2 is 1.60 bits per heavy atom. The maximum absolute atomic E-state index is 11.9. The molecule has 0 aromatic heterocycles. The van der Waals surface area contributed by atoms with Crippen LogP contribution in [-0.2, 0) is 14.6 Å². The van der Waals surface area contributed by atoms with Crippen molar-refractivity contribution in [1.29, 1.82) is 0 Å². The smallest absolute Gasteiger partial charge is 0.339 e. The topological polar surface area (TPSA) is 55.8 Å². The highest BCUT2D eigenvalue weighted by atomic mass is 17.2. The summed E-state index contributed by atoms with van der Waals surface area (Å²) in [5.41, 5.74) is -2.09. The predicted octanol–water partition coefficient (Wildman–Crippen LogP) is 4.43. The number of carbonyl (C=O) groups is 1. The lowest BCUT2D eigenvalue weighted by molar-refractivity contribution is -0.384. The first-order chi connectivity index (χ1) is 9.13. The Morgan fingerprint density at radius 1 is 1.05 bits per heavy atom. The molecule has 20 heavy (non-hydrogen) atoms. The van der Waals surface area contributed by atoms with Crippen LogP contribution in [0.15, 0.2) is 0 Å². The number of carboxylic acids is 1. The van der Waals surface area contributed by atoms with Crippen molar-refractivity contribution in [3.05, 3.63) is 0 Å². The van der Waals surface area contributed by atoms with Crippen molar-refractivity contribution in [2.45, 2.75) is 79.8 Å². The first kappa shape index (κ1) is 19.4. The fourth-order valence-electron chi connectivity index (χ4n) is 2.39. The number of hydrogen-bond acceptors (Lipinski definition) is 3. The molecule has 0 radical (unpaired) electrons. The van der Waals surface area contributed by atoms with Gasteiger partial charge >= 0.3 is 5.97 Å². The van der Waals surface area contributed by atoms with Crippen LogP contribution in [0.3, 0.4) is 0 Å². The van der Waals surface area contributed by atoms with Crippen molar-refractivity contribution < 1.29 is 19.7 Å². The molecule has 0 aliphatic heterocycles. The van der Waals surface area contributed by atoms with Gasteiger partial charge in [0.1, 0.15) is 0 Å². The van der Waals surface area contributed by atoms with Crippen molar-refractivity contribution >= 4 is 5.97 Å². The molecule has 0 aliphatic rings. The summed E-state index contributed by atoms with van der Waals surface area (Å²) in [6, 6.07) is 0. The Balaban J connectivity index is 5.37. The summed E-state index contributed by atoms with van der Waals surface area (Å²) in [6.45, 7) is 14.5. The first-order valence-electron chi connectivity index (χ1n) is 7.67. The molecule has 0 saturated carbocycles. The van der Waals surface area contributed by atoms with Crippen LogP contribution in [0.2, 0.25) is 0 Å². The molecule has 1 atom stereocenters. The van der Waals surface area contributed by atoms with Gasteiger partial charge in [-0.3, -0.25) is 0 Å². The number of hydrogen-bond donors (Lipinski definition) is 1. The Bertz CT molecular complexity index is 310. The summed E-state index contributed by atoms with van der Waals surface area (Å²) in [7, 11) is 0. The van der Waals surface area contributed by atoms with E-state index in [0.717, 1.165) is 19.3 Å². The molecule has 0 aliphatic carbocycles. The normalized spacial score (nSPS) is 15.9. The largest absolute Gasteiger partial charge is 0.479 e. The van der Waals surface area contributed by atoms with Gasteiger partial charge in [-0.05, 0) is 18.3 Å². The van der Waals surface area contributed by atoms with Gasteiger partial charge in [0.15, 0.2) is 0 Å². The molecule has 0 aromatic rings. The highest BCUT2D eigenvalue weighted by Gasteiger charge is 2.58. The monoisotopic (exact) mass is 288 g/mol. The maximum atomic E-state index is 11.9. The van der Waals surface area contributed by atoms with Crippen LogP contribution in [0, 0.1) is 10.8 Å². The lowest BCUT2D eigenvalue weighted by Crippen LogP contribution is -2.59. The second kappa shape index (κ2) is 7.41. The summed E-state index contributed by atoms with van der Waals surface area (Å²) in [4.78, 5) is 22.7. The minimum absolute atomic E-state index is 0.185. The lowest BCUT2D eigenvalue weighted by Gasteiger charge is -2.50. The molecule has 0 amide bonds. The van der Waals surface area contributed by atoms with E-state index >= 15 is 0 Å². The zero-order valence-corrected chi connectivity index (χ0v) is 14.2. The van der Waals surface area contributed by atoms with E-state index < -0.39 is 17.0 Å². The van der Waals surface area contributed by atoms with Gasteiger partial charge in [-0.25, -0.2) is 14.6 Å². The van der Waals surface area contributed by atoms with E-state index in [4.69, 9.17) is 9.78 Å². The fraction of sp³-hybridized carbons (Fsp3) is 0.938. The highest BCUT2D eigenvalue weighted by Crippen LogP contribution is 2.51. The second-order valence-electron chi connectivity index (χ2n) is 6.61. The molecular formula is C16H32O4. The summed E-state index contributed by atoms with van der Waals surface area (Å²) in [5, 5.41) is 9.77. The molecule has 0 bridgehead atoms. The Hall–Kier alpha value is -0.610. The Kier molecular flexibility index (Phi) is 7.19. The molecule has 120 valence electrons. The van der Waals surface area contributed by atoms with Crippen LogP contribution in [-0.4, -0.2) is 23.3 Å². The standard InChI is InChI=1S/C16H32O4/c1-8-11-12-19-20-16(10-3,13(17)18)15(6,7)14(4,5)9-2/h8-12H2,1-7H3,(H,17,18). The van der Waals surface area contributed by atoms with Gasteiger partial charge in [-0.15, -0.1) is 0 Å². The molecule has 0 heterocycles. The van der Waals surface area contributed by atoms with Gasteiger partial charge in [-0.1, -0.05) is 61.3 Å². The van der Waals surface area contributed by atoms with Crippen LogP contribution < -0.4 is 0 Å². The van der Waals surface area contributed by atoms with Crippen LogP contribution in [0.25, 0.3) is 0 Å². The molecule has 0 rings (SSSR count). The molecule has 0 saturated heterocycles. The third-order valence-electron chi connectivity index (χ3n) is 5.21. The first-order valence-corrected chi connectivity index (χ1v) is 7.67. The summed E-state index contributed by atoms with van der Waals surface area (Å²) in [5.74, 6) is -0.956. The predicted molar refractivity (Wildman–Crippen MR) is 80.5 cm³/mol. The third kappa shape index (κ3) is 3.53. The zero-order chi connectivity index (χ0) is 16.0. The summed E-state index contributed by atoms with van der Waals surface area (Å²) in [6.07, 6.45) is 3.08. The molecule has 4 heteroatoms. The van der Waals surface area contributed by atoms with Crippen LogP contribution in [0.1, 0.15) is 74.1 Å². The molecule has 1 unspecified atom stereocenters. The van der Waals surface area contributed by atoms with Gasteiger partial charge in [0.25, 0.3) is 0 Å². The van der Waals surface area contributed by atoms with E-state index in [2.05, 4.69) is 27.7 Å². The third-order valence-corrected chi connectivity index (χ3v) is 5.21. The van der Waals surface area contributed by atoms with E-state index in [9.17, 15) is 9.90 Å². The number of carboxylic acid groups (broad SMARTS) is 1. The van der Waals surface area contributed by atoms with Gasteiger partial charge in [-0.2, -0.15) is 0 Å². The van der Waals surface area contributed by atoms with Crippen LogP contribution in [0.5, 0.6) is 0 Å². The van der Waals surface area contributed by atoms with Crippen molar-refractivity contribution in [2.75, 3.05) is 6.61 Å². The molecule has 4 nitrogen and oxygen atoms in total. The number of aliphatic carboxylic acids is 1. The lowest BCUT2D eigenvalue weighted by atomic mass is 9.57. The zero-order valence-electron chi connectivity index (χ0n) is 14.2. The average Bonchev–Trinajstić information content (AvgIpc) is 2.38. The van der Waals surface area contributed by atoms with E-state index in [1.807, 2.05) is 20.8 Å². The fourth-order valence-corrected chi connectivity index (χ4v) is 2.39. The molecule has 0 spiro atoms. The minimum Gasteiger partial charge on any atom is -0.479 e. The SMILES string of the molecule is CCCCOOC(CC)(C(=O)O)C(C)(C)C(C)(C)CC. The van der Waals surface area contributed by atoms with Crippen molar-refractivity contribution in [3.8, 4) is 0 Å². The van der Waals surface area contributed by atoms with Crippen molar-refractivity contribution in [1.82, 2.24) is 0 Å². The van der Waals surface area contributed by atoms with E-state index in [1.165, 1.54) is 0 Å². The molecular weight excluding hydrogens is 256 g/mol. The quantitative estimate of drug-likeness (QED) is 0.367. The van der Waals surface area contributed by atoms with Gasteiger partial charge in [0.2, 0.25) is 5.60 Å². The van der Waals surface area contributed by atoms with Crippen molar-refractivity contribution in [3.63, 3.8) is 0 Å². The van der Waals surface area contributed by atoms with Gasteiger partial charge < -0.3 is 5.11 Å². The van der Waals surface area contributed by atoms with E-state index in [1.54, 1.807) is 0 Å². The minimum atomic E-state index is -1.33. The van der Waals surface area contributed by atoms with Gasteiger partial charge in [0, 0.05) is 5.41 Å². The summed E-state index contributed by atoms with van der Waals surface area (Å²) >= 11 is 0. The van der Waals surface area contributed by atoms with E-state index in [0.29, 0.717) is 13.0 Å². The van der Waals surface area contributed by atoms with Crippen LogP contribution >= 0.6 is 0 Å². The van der Waals surface area contributed by atoms with Crippen molar-refractivity contribution in [2.24, 2.45) is 10.8 Å². The summed E-state index contributed by atoms with van der Waals surface area (Å²) < 4.78 is 0. The molecule has 0 fully saturated rings. The second-order valence-corrected chi connectivity index (χ2v) is 6.61. The van der Waals surface area contributed by atoms with E-state index in [-0.39, 0.29) is 5.41 Å². The Labute approximate surface area is 123 Å². The molecule has 0 aromatic carbocycles. The number of rotatable bonds is 10. The number of unbranched alkanes of at least 4 members (excludes halogenated alkanes) is 1. The maximum Gasteiger partial charge on any atom is 0.339 e. The Morgan fingerprint density at radius 3 is 1.95 bits per heavy atom. The average molecular weight is 288 g/mol. The van der Waals surface area contributed by atoms with Gasteiger partial charge in [0.05, 0.1) is 6.61 Å². The molecule has 1 N–H and O–H groups in total. The highest BCUT2D eigenvalue weighted by molar-refractivity contribution is 5.78. The van der Waals surface area contributed by atoms with Crippen LogP contribution in [0.4, 0.5) is 0 Å².